The minimum Gasteiger partial charge on any atom is -0.425 e. The summed E-state index contributed by atoms with van der Waals surface area (Å²) in [5, 5.41) is 29.5. The van der Waals surface area contributed by atoms with Crippen molar-refractivity contribution in [3.8, 4) is 24.0 Å². The van der Waals surface area contributed by atoms with E-state index in [1.165, 1.54) is 69.8 Å². The van der Waals surface area contributed by atoms with Crippen molar-refractivity contribution < 1.29 is 9.53 Å². The van der Waals surface area contributed by atoms with Crippen molar-refractivity contribution in [3.63, 3.8) is 0 Å². The first-order chi connectivity index (χ1) is 18.4. The van der Waals surface area contributed by atoms with Gasteiger partial charge in [-0.2, -0.15) is 15.8 Å². The van der Waals surface area contributed by atoms with Crippen LogP contribution < -0.4 is 4.74 Å². The van der Waals surface area contributed by atoms with Gasteiger partial charge in [0.1, 0.15) is 23.5 Å². The quantitative estimate of drug-likeness (QED) is 0.188. The first-order valence-electron chi connectivity index (χ1n) is 14.1. The zero-order valence-corrected chi connectivity index (χ0v) is 22.7. The molecular formula is C33H37N3O2. The summed E-state index contributed by atoms with van der Waals surface area (Å²) in [6.07, 6.45) is 14.1. The highest BCUT2D eigenvalue weighted by molar-refractivity contribution is 5.73. The van der Waals surface area contributed by atoms with E-state index in [9.17, 15) is 20.6 Å². The van der Waals surface area contributed by atoms with E-state index in [1.54, 1.807) is 19.1 Å². The Kier molecular flexibility index (Phi) is 8.54. The third-order valence-electron chi connectivity index (χ3n) is 9.16. The summed E-state index contributed by atoms with van der Waals surface area (Å²) in [4.78, 5) is 11.7. The monoisotopic (exact) mass is 507 g/mol. The number of nitriles is 3. The van der Waals surface area contributed by atoms with Gasteiger partial charge in [0.2, 0.25) is 0 Å². The summed E-state index contributed by atoms with van der Waals surface area (Å²) in [5.41, 5.74) is 4.80. The molecule has 3 aliphatic carbocycles. The second-order valence-corrected chi connectivity index (χ2v) is 11.3. The van der Waals surface area contributed by atoms with E-state index in [1.807, 2.05) is 12.1 Å². The van der Waals surface area contributed by atoms with Gasteiger partial charge in [-0.15, -0.1) is 0 Å². The molecule has 5 heteroatoms. The number of aryl methyl sites for hydroxylation is 2. The number of ether oxygens (including phenoxy) is 1. The summed E-state index contributed by atoms with van der Waals surface area (Å²) in [7, 11) is 0. The molecule has 3 aliphatic rings. The first-order valence-corrected chi connectivity index (χ1v) is 14.1. The van der Waals surface area contributed by atoms with Gasteiger partial charge >= 0.3 is 5.97 Å². The normalized spacial score (nSPS) is 21.8. The highest BCUT2D eigenvalue weighted by Crippen LogP contribution is 2.60. The summed E-state index contributed by atoms with van der Waals surface area (Å²) >= 11 is 0. The number of hydrogen-bond donors (Lipinski definition) is 0. The zero-order valence-electron chi connectivity index (χ0n) is 22.7. The number of fused-ring (bicyclic) bond motifs is 3. The van der Waals surface area contributed by atoms with Crippen LogP contribution in [0.2, 0.25) is 0 Å². The van der Waals surface area contributed by atoms with Gasteiger partial charge in [0.15, 0.2) is 0 Å². The largest absolute Gasteiger partial charge is 0.425 e. The van der Waals surface area contributed by atoms with Crippen molar-refractivity contribution >= 4 is 5.97 Å². The van der Waals surface area contributed by atoms with Crippen LogP contribution in [0, 0.1) is 39.4 Å². The van der Waals surface area contributed by atoms with Crippen molar-refractivity contribution in [2.75, 3.05) is 0 Å². The molecule has 0 radical (unpaired) electrons. The molecule has 5 nitrogen and oxygen atoms in total. The molecule has 2 bridgehead atoms. The Labute approximate surface area is 227 Å². The molecule has 0 saturated heterocycles. The number of carbonyl (C=O) groups is 1. The summed E-state index contributed by atoms with van der Waals surface area (Å²) in [5.74, 6) is -0.316. The average molecular weight is 508 g/mol. The van der Waals surface area contributed by atoms with Crippen molar-refractivity contribution in [2.45, 2.75) is 103 Å². The fourth-order valence-electron chi connectivity index (χ4n) is 6.73. The molecule has 0 amide bonds. The standard InChI is InChI=1S/C33H37N3O2/c1-3-5-6-13-32-14-17-33(18-15-32,19-16-32)29-11-8-24(20-26(29)21-34)7-9-25-10-12-30(38-31(37)4-2)28(23-36)27(25)22-35/h8,10-12,20H,3-7,9,13-19H2,1-2H3. The van der Waals surface area contributed by atoms with Gasteiger partial charge in [0, 0.05) is 6.42 Å². The van der Waals surface area contributed by atoms with Crippen LogP contribution in [0.5, 0.6) is 5.75 Å². The number of carbonyl (C=O) groups excluding carboxylic acids is 1. The van der Waals surface area contributed by atoms with E-state index >= 15 is 0 Å². The molecule has 2 aromatic carbocycles. The Bertz CT molecular complexity index is 1300. The Morgan fingerprint density at radius 3 is 2.18 bits per heavy atom. The van der Waals surface area contributed by atoms with Gasteiger partial charge in [-0.1, -0.05) is 51.3 Å². The average Bonchev–Trinajstić information content (AvgIpc) is 2.96. The lowest BCUT2D eigenvalue weighted by atomic mass is 9.50. The molecule has 2 aromatic rings. The van der Waals surface area contributed by atoms with Crippen LogP contribution in [0.3, 0.4) is 0 Å². The number of esters is 1. The summed E-state index contributed by atoms with van der Waals surface area (Å²) in [6, 6.07) is 16.3. The third-order valence-corrected chi connectivity index (χ3v) is 9.16. The zero-order chi connectivity index (χ0) is 27.2. The topological polar surface area (TPSA) is 97.7 Å². The molecule has 3 saturated carbocycles. The second kappa shape index (κ2) is 11.8. The molecule has 0 spiro atoms. The predicted octanol–water partition coefficient (Wildman–Crippen LogP) is 7.57. The van der Waals surface area contributed by atoms with E-state index in [0.29, 0.717) is 18.3 Å². The minimum atomic E-state index is -0.445. The molecule has 196 valence electrons. The fourth-order valence-corrected chi connectivity index (χ4v) is 6.73. The SMILES string of the molecule is CCCCCC12CCC(c3ccc(CCc4ccc(OC(=O)CC)c(C#N)c4C#N)cc3C#N)(CC1)CC2. The first kappa shape index (κ1) is 27.4. The molecule has 3 fully saturated rings. The highest BCUT2D eigenvalue weighted by atomic mass is 16.5. The van der Waals surface area contributed by atoms with Gasteiger partial charge < -0.3 is 4.74 Å². The fraction of sp³-hybridized carbons (Fsp3) is 0.515. The molecule has 38 heavy (non-hydrogen) atoms. The lowest BCUT2D eigenvalue weighted by Gasteiger charge is -2.54. The van der Waals surface area contributed by atoms with E-state index in [4.69, 9.17) is 4.74 Å². The maximum absolute atomic E-state index is 11.7. The van der Waals surface area contributed by atoms with Crippen LogP contribution in [0.1, 0.15) is 118 Å². The van der Waals surface area contributed by atoms with Crippen LogP contribution in [0.25, 0.3) is 0 Å². The van der Waals surface area contributed by atoms with E-state index in [2.05, 4.69) is 31.2 Å². The number of nitrogens with zero attached hydrogens (tertiary/aromatic N) is 3. The molecule has 0 unspecified atom stereocenters. The van der Waals surface area contributed by atoms with E-state index in [-0.39, 0.29) is 28.7 Å². The molecule has 0 atom stereocenters. The van der Waals surface area contributed by atoms with E-state index in [0.717, 1.165) is 16.7 Å². The lowest BCUT2D eigenvalue weighted by Crippen LogP contribution is -2.44. The van der Waals surface area contributed by atoms with Crippen molar-refractivity contribution in [2.24, 2.45) is 5.41 Å². The maximum Gasteiger partial charge on any atom is 0.310 e. The molecular weight excluding hydrogens is 470 g/mol. The maximum atomic E-state index is 11.7. The van der Waals surface area contributed by atoms with Gasteiger partial charge in [-0.3, -0.25) is 4.79 Å². The number of hydrogen-bond acceptors (Lipinski definition) is 5. The van der Waals surface area contributed by atoms with Gasteiger partial charge in [0.05, 0.1) is 17.2 Å². The minimum absolute atomic E-state index is 0.0966. The number of unbranched alkanes of at least 4 members (excludes halogenated alkanes) is 2. The van der Waals surface area contributed by atoms with Gasteiger partial charge in [-0.25, -0.2) is 0 Å². The smallest absolute Gasteiger partial charge is 0.310 e. The molecule has 5 rings (SSSR count). The Morgan fingerprint density at radius 2 is 1.58 bits per heavy atom. The van der Waals surface area contributed by atoms with Gasteiger partial charge in [-0.05, 0) is 97.4 Å². The molecule has 0 N–H and O–H groups in total. The summed E-state index contributed by atoms with van der Waals surface area (Å²) < 4.78 is 5.25. The predicted molar refractivity (Wildman–Crippen MR) is 146 cm³/mol. The van der Waals surface area contributed by atoms with Crippen molar-refractivity contribution in [1.82, 2.24) is 0 Å². The number of rotatable bonds is 10. The molecule has 0 aliphatic heterocycles. The molecule has 0 aromatic heterocycles. The van der Waals surface area contributed by atoms with Crippen molar-refractivity contribution in [1.29, 1.82) is 15.8 Å². The molecule has 0 heterocycles. The lowest BCUT2D eigenvalue weighted by molar-refractivity contribution is -0.134. The second-order valence-electron chi connectivity index (χ2n) is 11.3. The van der Waals surface area contributed by atoms with Crippen molar-refractivity contribution in [3.05, 3.63) is 63.7 Å². The van der Waals surface area contributed by atoms with Crippen LogP contribution in [-0.4, -0.2) is 5.97 Å². The van der Waals surface area contributed by atoms with Crippen LogP contribution in [0.4, 0.5) is 0 Å². The Balaban J connectivity index is 1.49. The third kappa shape index (κ3) is 5.47. The Morgan fingerprint density at radius 1 is 0.868 bits per heavy atom. The van der Waals surface area contributed by atoms with Gasteiger partial charge in [0.25, 0.3) is 0 Å². The van der Waals surface area contributed by atoms with Crippen LogP contribution in [-0.2, 0) is 23.1 Å². The van der Waals surface area contributed by atoms with Crippen LogP contribution >= 0.6 is 0 Å². The highest BCUT2D eigenvalue weighted by Gasteiger charge is 2.49. The number of benzene rings is 2. The summed E-state index contributed by atoms with van der Waals surface area (Å²) in [6.45, 7) is 3.95. The van der Waals surface area contributed by atoms with Crippen LogP contribution in [0.15, 0.2) is 30.3 Å². The Hall–Kier alpha value is -3.62. The van der Waals surface area contributed by atoms with E-state index < -0.39 is 5.97 Å².